The number of anilines is 1. The molecule has 0 aliphatic carbocycles. The van der Waals surface area contributed by atoms with E-state index in [1.165, 1.54) is 36.0 Å². The zero-order valence-corrected chi connectivity index (χ0v) is 11.7. The van der Waals surface area contributed by atoms with Gasteiger partial charge in [-0.3, -0.25) is 10.1 Å². The molecule has 0 atom stereocenters. The van der Waals surface area contributed by atoms with E-state index in [-0.39, 0.29) is 17.1 Å². The number of carbonyl (C=O) groups is 1. The van der Waals surface area contributed by atoms with Gasteiger partial charge < -0.3 is 15.2 Å². The summed E-state index contributed by atoms with van der Waals surface area (Å²) in [6.45, 7) is 0.318. The minimum absolute atomic E-state index is 0.00178. The lowest BCUT2D eigenvalue weighted by Gasteiger charge is -2.07. The Kier molecular flexibility index (Phi) is 4.33. The maximum absolute atomic E-state index is 10.8. The van der Waals surface area contributed by atoms with E-state index in [1.54, 1.807) is 6.07 Å². The summed E-state index contributed by atoms with van der Waals surface area (Å²) in [5, 5.41) is 24.6. The summed E-state index contributed by atoms with van der Waals surface area (Å²) < 4.78 is 4.96. The Hall–Kier alpha value is -2.68. The van der Waals surface area contributed by atoms with Crippen LogP contribution in [-0.2, 0) is 6.54 Å². The molecule has 0 spiro atoms. The first-order valence-corrected chi connectivity index (χ1v) is 6.63. The molecule has 0 aliphatic rings. The number of carboxylic acids is 1. The van der Waals surface area contributed by atoms with Gasteiger partial charge in [0.05, 0.1) is 18.6 Å². The summed E-state index contributed by atoms with van der Waals surface area (Å²) in [5.41, 5.74) is 0.494. The van der Waals surface area contributed by atoms with Crippen LogP contribution < -0.4 is 10.1 Å². The van der Waals surface area contributed by atoms with Gasteiger partial charge >= 0.3 is 11.7 Å². The Morgan fingerprint density at radius 1 is 1.57 bits per heavy atom. The van der Waals surface area contributed by atoms with Crippen molar-refractivity contribution in [3.8, 4) is 5.75 Å². The van der Waals surface area contributed by atoms with Gasteiger partial charge in [-0.25, -0.2) is 9.78 Å². The fourth-order valence-electron chi connectivity index (χ4n) is 1.61. The second kappa shape index (κ2) is 6.18. The lowest BCUT2D eigenvalue weighted by atomic mass is 10.2. The van der Waals surface area contributed by atoms with Crippen LogP contribution in [0.1, 0.15) is 15.5 Å². The van der Waals surface area contributed by atoms with Crippen LogP contribution in [0.2, 0.25) is 0 Å². The zero-order valence-electron chi connectivity index (χ0n) is 10.9. The first kappa shape index (κ1) is 14.7. The van der Waals surface area contributed by atoms with Crippen molar-refractivity contribution >= 4 is 28.7 Å². The number of ether oxygens (including phenoxy) is 1. The van der Waals surface area contributed by atoms with Gasteiger partial charge in [0.15, 0.2) is 11.4 Å². The minimum Gasteiger partial charge on any atom is -0.490 e. The number of rotatable bonds is 6. The largest absolute Gasteiger partial charge is 0.490 e. The third-order valence-corrected chi connectivity index (χ3v) is 3.44. The number of aromatic carboxylic acids is 1. The van der Waals surface area contributed by atoms with Crippen molar-refractivity contribution in [2.24, 2.45) is 0 Å². The number of hydrogen-bond donors (Lipinski definition) is 2. The number of nitrogens with one attached hydrogen (secondary N) is 1. The maximum atomic E-state index is 10.8. The van der Waals surface area contributed by atoms with E-state index in [4.69, 9.17) is 9.84 Å². The van der Waals surface area contributed by atoms with Crippen LogP contribution >= 0.6 is 11.3 Å². The predicted molar refractivity (Wildman–Crippen MR) is 76.0 cm³/mol. The molecule has 8 nitrogen and oxygen atoms in total. The van der Waals surface area contributed by atoms with E-state index < -0.39 is 10.9 Å². The number of hydrogen-bond acceptors (Lipinski definition) is 7. The molecule has 0 saturated carbocycles. The van der Waals surface area contributed by atoms with Crippen molar-refractivity contribution in [1.29, 1.82) is 0 Å². The van der Waals surface area contributed by atoms with Crippen LogP contribution in [0.15, 0.2) is 23.6 Å². The highest BCUT2D eigenvalue weighted by molar-refractivity contribution is 7.09. The Balaban J connectivity index is 2.09. The highest BCUT2D eigenvalue weighted by Gasteiger charge is 2.15. The molecule has 1 aromatic carbocycles. The summed E-state index contributed by atoms with van der Waals surface area (Å²) in [6.07, 6.45) is 0. The normalized spacial score (nSPS) is 10.1. The van der Waals surface area contributed by atoms with Crippen LogP contribution in [-0.4, -0.2) is 28.1 Å². The van der Waals surface area contributed by atoms with Crippen LogP contribution in [0.3, 0.4) is 0 Å². The second-order valence-electron chi connectivity index (χ2n) is 3.93. The molecular formula is C12H11N3O5S. The number of thiazole rings is 1. The minimum atomic E-state index is -1.07. The second-order valence-corrected chi connectivity index (χ2v) is 4.87. The first-order valence-electron chi connectivity index (χ1n) is 5.75. The lowest BCUT2D eigenvalue weighted by molar-refractivity contribution is -0.385. The molecule has 0 bridgehead atoms. The highest BCUT2D eigenvalue weighted by Crippen LogP contribution is 2.29. The average molecular weight is 309 g/mol. The molecule has 110 valence electrons. The highest BCUT2D eigenvalue weighted by atomic mass is 32.1. The number of methoxy groups -OCH3 is 1. The van der Waals surface area contributed by atoms with Crippen molar-refractivity contribution in [3.05, 3.63) is 44.4 Å². The van der Waals surface area contributed by atoms with Gasteiger partial charge in [0.25, 0.3) is 0 Å². The number of nitro benzene ring substituents is 1. The molecule has 2 N–H and O–H groups in total. The molecule has 1 heterocycles. The number of aromatic nitrogens is 1. The first-order chi connectivity index (χ1) is 10.0. The Bertz CT molecular complexity index is 685. The van der Waals surface area contributed by atoms with Gasteiger partial charge in [0.1, 0.15) is 5.01 Å². The summed E-state index contributed by atoms with van der Waals surface area (Å²) in [5.74, 6) is -0.926. The van der Waals surface area contributed by atoms with Crippen LogP contribution in [0, 0.1) is 10.1 Å². The summed E-state index contributed by atoms with van der Waals surface area (Å²) in [7, 11) is 1.35. The third kappa shape index (κ3) is 3.45. The molecule has 0 radical (unpaired) electrons. The van der Waals surface area contributed by atoms with E-state index in [0.717, 1.165) is 0 Å². The van der Waals surface area contributed by atoms with Gasteiger partial charge in [-0.1, -0.05) is 0 Å². The van der Waals surface area contributed by atoms with E-state index in [9.17, 15) is 14.9 Å². The molecule has 0 saturated heterocycles. The Morgan fingerprint density at radius 3 is 2.90 bits per heavy atom. The van der Waals surface area contributed by atoms with Gasteiger partial charge in [0.2, 0.25) is 0 Å². The SMILES string of the molecule is COc1cc(NCc2nc(C(=O)O)cs2)ccc1[N+](=O)[O-]. The van der Waals surface area contributed by atoms with Gasteiger partial charge in [-0.2, -0.15) is 0 Å². The number of benzene rings is 1. The number of carboxylic acid groups (broad SMARTS) is 1. The summed E-state index contributed by atoms with van der Waals surface area (Å²) in [6, 6.07) is 4.39. The van der Waals surface area contributed by atoms with Crippen LogP contribution in [0.4, 0.5) is 11.4 Å². The fourth-order valence-corrected chi connectivity index (χ4v) is 2.31. The molecule has 2 rings (SSSR count). The van der Waals surface area contributed by atoms with Crippen molar-refractivity contribution < 1.29 is 19.6 Å². The standard InChI is InChI=1S/C12H11N3O5S/c1-20-10-4-7(2-3-9(10)15(18)19)13-5-11-14-8(6-21-11)12(16)17/h2-4,6,13H,5H2,1H3,(H,16,17). The van der Waals surface area contributed by atoms with E-state index in [2.05, 4.69) is 10.3 Å². The van der Waals surface area contributed by atoms with E-state index >= 15 is 0 Å². The molecule has 0 fully saturated rings. The monoisotopic (exact) mass is 309 g/mol. The van der Waals surface area contributed by atoms with E-state index in [1.807, 2.05) is 0 Å². The molecular weight excluding hydrogens is 298 g/mol. The topological polar surface area (TPSA) is 115 Å². The van der Waals surface area contributed by atoms with Gasteiger partial charge in [-0.05, 0) is 6.07 Å². The molecule has 0 unspecified atom stereocenters. The fraction of sp³-hybridized carbons (Fsp3) is 0.167. The van der Waals surface area contributed by atoms with Crippen molar-refractivity contribution in [3.63, 3.8) is 0 Å². The number of nitrogens with zero attached hydrogens (tertiary/aromatic N) is 2. The molecule has 21 heavy (non-hydrogen) atoms. The summed E-state index contributed by atoms with van der Waals surface area (Å²) >= 11 is 1.22. The zero-order chi connectivity index (χ0) is 15.4. The quantitative estimate of drug-likeness (QED) is 0.621. The Morgan fingerprint density at radius 2 is 2.33 bits per heavy atom. The molecule has 0 aliphatic heterocycles. The number of nitro groups is 1. The lowest BCUT2D eigenvalue weighted by Crippen LogP contribution is -2.02. The van der Waals surface area contributed by atoms with Gasteiger partial charge in [0, 0.05) is 23.2 Å². The summed E-state index contributed by atoms with van der Waals surface area (Å²) in [4.78, 5) is 24.9. The van der Waals surface area contributed by atoms with E-state index in [0.29, 0.717) is 17.2 Å². The van der Waals surface area contributed by atoms with Crippen LogP contribution in [0.25, 0.3) is 0 Å². The smallest absolute Gasteiger partial charge is 0.355 e. The molecule has 9 heteroatoms. The molecule has 1 aromatic heterocycles. The third-order valence-electron chi connectivity index (χ3n) is 2.59. The van der Waals surface area contributed by atoms with Gasteiger partial charge in [-0.15, -0.1) is 11.3 Å². The average Bonchev–Trinajstić information content (AvgIpc) is 2.93. The van der Waals surface area contributed by atoms with Crippen molar-refractivity contribution in [2.45, 2.75) is 6.54 Å². The molecule has 2 aromatic rings. The van der Waals surface area contributed by atoms with Crippen molar-refractivity contribution in [1.82, 2.24) is 4.98 Å². The molecule has 0 amide bonds. The maximum Gasteiger partial charge on any atom is 0.355 e. The van der Waals surface area contributed by atoms with Crippen LogP contribution in [0.5, 0.6) is 5.75 Å². The Labute approximate surface area is 123 Å². The van der Waals surface area contributed by atoms with Crippen molar-refractivity contribution in [2.75, 3.05) is 12.4 Å². The predicted octanol–water partition coefficient (Wildman–Crippen LogP) is 2.37.